The lowest BCUT2D eigenvalue weighted by Gasteiger charge is -2.10. The Balaban J connectivity index is 1.60. The van der Waals surface area contributed by atoms with Gasteiger partial charge in [-0.2, -0.15) is 0 Å². The molecule has 0 unspecified atom stereocenters. The minimum absolute atomic E-state index is 0.00171. The highest BCUT2D eigenvalue weighted by Gasteiger charge is 2.18. The zero-order valence-corrected chi connectivity index (χ0v) is 20.5. The molecule has 35 heavy (non-hydrogen) atoms. The first-order valence-corrected chi connectivity index (χ1v) is 11.8. The number of Topliss-reactive ketones (excluding diaryl/α,β-unsaturated/α-hetero) is 2. The lowest BCUT2D eigenvalue weighted by molar-refractivity contribution is 0.0915. The fourth-order valence-electron chi connectivity index (χ4n) is 3.79. The zero-order valence-electron chi connectivity index (χ0n) is 19.7. The van der Waals surface area contributed by atoms with Crippen LogP contribution in [0.5, 0.6) is 11.5 Å². The SMILES string of the molecule is C=C(C)c1cc(C(=O)CCC(=O)c2ccc(OC)c(OC)c2)nc(-c2csc3c(F)cccc23)c1. The summed E-state index contributed by atoms with van der Waals surface area (Å²) in [7, 11) is 3.02. The summed E-state index contributed by atoms with van der Waals surface area (Å²) in [6, 6.07) is 13.4. The van der Waals surface area contributed by atoms with Gasteiger partial charge in [0.2, 0.25) is 0 Å². The van der Waals surface area contributed by atoms with Crippen molar-refractivity contribution in [1.29, 1.82) is 0 Å². The Bertz CT molecular complexity index is 1460. The maximum atomic E-state index is 14.2. The Morgan fingerprint density at radius 1 is 0.971 bits per heavy atom. The minimum atomic E-state index is -0.292. The van der Waals surface area contributed by atoms with Crippen LogP contribution in [0.2, 0.25) is 0 Å². The van der Waals surface area contributed by atoms with Gasteiger partial charge in [0, 0.05) is 34.7 Å². The van der Waals surface area contributed by atoms with Crippen LogP contribution in [-0.4, -0.2) is 30.8 Å². The number of aromatic nitrogens is 1. The second-order valence-corrected chi connectivity index (χ2v) is 8.97. The average molecular weight is 490 g/mol. The highest BCUT2D eigenvalue weighted by molar-refractivity contribution is 7.17. The van der Waals surface area contributed by atoms with Crippen molar-refractivity contribution >= 4 is 38.6 Å². The zero-order chi connectivity index (χ0) is 25.1. The first-order chi connectivity index (χ1) is 16.8. The molecule has 0 N–H and O–H groups in total. The summed E-state index contributed by atoms with van der Waals surface area (Å²) in [5, 5.41) is 2.58. The van der Waals surface area contributed by atoms with Crippen molar-refractivity contribution in [2.75, 3.05) is 14.2 Å². The summed E-state index contributed by atoms with van der Waals surface area (Å²) in [5.74, 6) is 0.238. The van der Waals surface area contributed by atoms with E-state index in [2.05, 4.69) is 11.6 Å². The number of carbonyl (C=O) groups is 2. The van der Waals surface area contributed by atoms with E-state index in [-0.39, 0.29) is 35.9 Å². The molecule has 0 fully saturated rings. The maximum Gasteiger partial charge on any atom is 0.181 e. The number of methoxy groups -OCH3 is 2. The van der Waals surface area contributed by atoms with Gasteiger partial charge >= 0.3 is 0 Å². The molecule has 0 aliphatic heterocycles. The molecule has 178 valence electrons. The van der Waals surface area contributed by atoms with Crippen molar-refractivity contribution in [2.24, 2.45) is 0 Å². The van der Waals surface area contributed by atoms with Gasteiger partial charge in [0.15, 0.2) is 23.1 Å². The first kappa shape index (κ1) is 24.3. The van der Waals surface area contributed by atoms with Crippen LogP contribution < -0.4 is 9.47 Å². The van der Waals surface area contributed by atoms with Crippen molar-refractivity contribution in [3.8, 4) is 22.8 Å². The Hall–Kier alpha value is -3.84. The third kappa shape index (κ3) is 5.00. The van der Waals surface area contributed by atoms with Gasteiger partial charge in [0.1, 0.15) is 11.5 Å². The van der Waals surface area contributed by atoms with E-state index in [1.165, 1.54) is 31.6 Å². The van der Waals surface area contributed by atoms with E-state index in [1.807, 2.05) is 24.4 Å². The van der Waals surface area contributed by atoms with Crippen molar-refractivity contribution < 1.29 is 23.5 Å². The molecule has 4 rings (SSSR count). The number of rotatable bonds is 9. The molecule has 0 saturated heterocycles. The van der Waals surface area contributed by atoms with E-state index in [1.54, 1.807) is 30.3 Å². The van der Waals surface area contributed by atoms with Crippen LogP contribution in [0.25, 0.3) is 26.9 Å². The molecule has 7 heteroatoms. The van der Waals surface area contributed by atoms with E-state index < -0.39 is 0 Å². The van der Waals surface area contributed by atoms with Crippen molar-refractivity contribution in [3.05, 3.63) is 83.1 Å². The average Bonchev–Trinajstić information content (AvgIpc) is 3.31. The van der Waals surface area contributed by atoms with E-state index >= 15 is 0 Å². The third-order valence-electron chi connectivity index (χ3n) is 5.72. The van der Waals surface area contributed by atoms with Gasteiger partial charge in [-0.1, -0.05) is 24.3 Å². The first-order valence-electron chi connectivity index (χ1n) is 10.9. The predicted octanol–water partition coefficient (Wildman–Crippen LogP) is 7.00. The molecule has 0 saturated carbocycles. The summed E-state index contributed by atoms with van der Waals surface area (Å²) >= 11 is 1.30. The number of hydrogen-bond acceptors (Lipinski definition) is 6. The fraction of sp³-hybridized carbons (Fsp3) is 0.179. The number of halogens is 1. The highest BCUT2D eigenvalue weighted by Crippen LogP contribution is 2.35. The molecule has 0 amide bonds. The number of nitrogens with zero attached hydrogens (tertiary/aromatic N) is 1. The lowest BCUT2D eigenvalue weighted by Crippen LogP contribution is -2.08. The van der Waals surface area contributed by atoms with Crippen LogP contribution in [0.3, 0.4) is 0 Å². The summed E-state index contributed by atoms with van der Waals surface area (Å²) in [5.41, 5.74) is 3.54. The molecule has 5 nitrogen and oxygen atoms in total. The summed E-state index contributed by atoms with van der Waals surface area (Å²) in [4.78, 5) is 30.4. The maximum absolute atomic E-state index is 14.2. The van der Waals surface area contributed by atoms with Gasteiger partial charge in [-0.15, -0.1) is 11.3 Å². The van der Waals surface area contributed by atoms with Crippen molar-refractivity contribution in [3.63, 3.8) is 0 Å². The van der Waals surface area contributed by atoms with Gasteiger partial charge in [-0.3, -0.25) is 9.59 Å². The molecular formula is C28H24FNO4S. The minimum Gasteiger partial charge on any atom is -0.493 e. The van der Waals surface area contributed by atoms with Crippen LogP contribution in [0.4, 0.5) is 4.39 Å². The van der Waals surface area contributed by atoms with Crippen LogP contribution in [0.1, 0.15) is 46.2 Å². The number of benzene rings is 2. The summed E-state index contributed by atoms with van der Waals surface area (Å²) < 4.78 is 25.2. The van der Waals surface area contributed by atoms with Gasteiger partial charge in [0.05, 0.1) is 24.6 Å². The molecule has 0 aliphatic carbocycles. The molecule has 0 radical (unpaired) electrons. The molecule has 2 aromatic heterocycles. The smallest absolute Gasteiger partial charge is 0.181 e. The number of ketones is 2. The number of ether oxygens (including phenoxy) is 2. The topological polar surface area (TPSA) is 65.5 Å². The number of allylic oxidation sites excluding steroid dienone is 1. The Labute approximate surface area is 206 Å². The molecule has 2 aromatic carbocycles. The fourth-order valence-corrected chi connectivity index (χ4v) is 4.76. The Kier molecular flexibility index (Phi) is 7.07. The van der Waals surface area contributed by atoms with Crippen LogP contribution in [0, 0.1) is 5.82 Å². The molecule has 0 atom stereocenters. The lowest BCUT2D eigenvalue weighted by atomic mass is 10.00. The molecule has 4 aromatic rings. The summed E-state index contributed by atoms with van der Waals surface area (Å²) in [6.45, 7) is 5.84. The molecule has 0 bridgehead atoms. The largest absolute Gasteiger partial charge is 0.493 e. The van der Waals surface area contributed by atoms with Crippen LogP contribution >= 0.6 is 11.3 Å². The highest BCUT2D eigenvalue weighted by atomic mass is 32.1. The molecular weight excluding hydrogens is 465 g/mol. The van der Waals surface area contributed by atoms with Gasteiger partial charge in [-0.05, 0) is 48.9 Å². The molecule has 0 spiro atoms. The second-order valence-electron chi connectivity index (χ2n) is 8.09. The quantitative estimate of drug-likeness (QED) is 0.237. The van der Waals surface area contributed by atoms with Crippen LogP contribution in [-0.2, 0) is 0 Å². The monoisotopic (exact) mass is 489 g/mol. The number of thiophene rings is 1. The Morgan fingerprint density at radius 3 is 2.43 bits per heavy atom. The molecule has 0 aliphatic rings. The predicted molar refractivity (Wildman–Crippen MR) is 137 cm³/mol. The molecule has 2 heterocycles. The number of hydrogen-bond donors (Lipinski definition) is 0. The van der Waals surface area contributed by atoms with E-state index in [0.29, 0.717) is 27.5 Å². The van der Waals surface area contributed by atoms with Crippen molar-refractivity contribution in [2.45, 2.75) is 19.8 Å². The third-order valence-corrected chi connectivity index (χ3v) is 6.72. The van der Waals surface area contributed by atoms with Gasteiger partial charge in [-0.25, -0.2) is 9.37 Å². The van der Waals surface area contributed by atoms with Gasteiger partial charge < -0.3 is 9.47 Å². The number of fused-ring (bicyclic) bond motifs is 1. The van der Waals surface area contributed by atoms with E-state index in [9.17, 15) is 14.0 Å². The second kappa shape index (κ2) is 10.2. The standard InChI is InChI=1S/C28H24FNO4S/c1-16(2)18-12-22(20-15-35-28-19(20)6-5-7-21(28)29)30-23(13-18)25(32)10-9-24(31)17-8-11-26(33-3)27(14-17)34-4/h5-8,11-15H,1,9-10H2,2-4H3. The summed E-state index contributed by atoms with van der Waals surface area (Å²) in [6.07, 6.45) is 0.0213. The normalized spacial score (nSPS) is 10.9. The van der Waals surface area contributed by atoms with Gasteiger partial charge in [0.25, 0.3) is 0 Å². The van der Waals surface area contributed by atoms with E-state index in [0.717, 1.165) is 22.1 Å². The van der Waals surface area contributed by atoms with Crippen LogP contribution in [0.15, 0.2) is 60.5 Å². The van der Waals surface area contributed by atoms with E-state index in [4.69, 9.17) is 9.47 Å². The number of carbonyl (C=O) groups excluding carboxylic acids is 2. The van der Waals surface area contributed by atoms with Crippen molar-refractivity contribution in [1.82, 2.24) is 4.98 Å². The number of pyridine rings is 1. The Morgan fingerprint density at radius 2 is 1.71 bits per heavy atom.